The quantitative estimate of drug-likeness (QED) is 0.846. The molecule has 0 radical (unpaired) electrons. The number of likely N-dealkylation sites (tertiary alicyclic amines) is 1. The van der Waals surface area contributed by atoms with Gasteiger partial charge in [-0.3, -0.25) is 4.79 Å². The van der Waals surface area contributed by atoms with E-state index in [1.165, 1.54) is 0 Å². The van der Waals surface area contributed by atoms with Gasteiger partial charge in [0.15, 0.2) is 0 Å². The number of H-pyrrole nitrogens is 1. The van der Waals surface area contributed by atoms with Crippen molar-refractivity contribution in [2.75, 3.05) is 12.3 Å². The van der Waals surface area contributed by atoms with Gasteiger partial charge in [0.05, 0.1) is 6.07 Å². The molecular formula is C16H18N4O. The number of carbonyl (C=O) groups excluding carboxylic acids is 1. The summed E-state index contributed by atoms with van der Waals surface area (Å²) in [6, 6.07) is 7.70. The molecule has 108 valence electrons. The number of hydrogen-bond donors (Lipinski definition) is 2. The molecule has 0 unspecified atom stereocenters. The van der Waals surface area contributed by atoms with E-state index in [2.05, 4.69) is 11.1 Å². The zero-order valence-corrected chi connectivity index (χ0v) is 11.8. The molecule has 0 spiro atoms. The summed E-state index contributed by atoms with van der Waals surface area (Å²) in [6.45, 7) is 0.706. The molecule has 0 saturated carbocycles. The Morgan fingerprint density at radius 3 is 3.19 bits per heavy atom. The zero-order valence-electron chi connectivity index (χ0n) is 11.8. The molecule has 1 aromatic carbocycles. The molecule has 5 heteroatoms. The molecule has 1 amide bonds. The molecular weight excluding hydrogens is 264 g/mol. The molecule has 1 aromatic heterocycles. The largest absolute Gasteiger partial charge is 0.399 e. The number of anilines is 1. The fourth-order valence-corrected chi connectivity index (χ4v) is 2.99. The van der Waals surface area contributed by atoms with Crippen molar-refractivity contribution in [1.29, 1.82) is 5.26 Å². The highest BCUT2D eigenvalue weighted by Crippen LogP contribution is 2.23. The number of fused-ring (bicyclic) bond motifs is 1. The minimum absolute atomic E-state index is 0.0669. The van der Waals surface area contributed by atoms with Crippen LogP contribution in [-0.2, 0) is 11.2 Å². The number of benzene rings is 1. The third kappa shape index (κ3) is 2.57. The van der Waals surface area contributed by atoms with Gasteiger partial charge in [0.25, 0.3) is 0 Å². The van der Waals surface area contributed by atoms with Crippen molar-refractivity contribution in [1.82, 2.24) is 9.88 Å². The first-order chi connectivity index (χ1) is 10.2. The van der Waals surface area contributed by atoms with Gasteiger partial charge in [-0.1, -0.05) is 0 Å². The van der Waals surface area contributed by atoms with Gasteiger partial charge in [0.2, 0.25) is 5.91 Å². The standard InChI is InChI=1S/C16H18N4O/c17-9-13-2-1-7-20(13)16(21)6-3-11-10-19-15-5-4-12(18)8-14(11)15/h4-5,8,10,13,19H,1-3,6-7,18H2/t13-/m0/s1. The molecule has 0 bridgehead atoms. The van der Waals surface area contributed by atoms with Crippen molar-refractivity contribution in [2.45, 2.75) is 31.7 Å². The summed E-state index contributed by atoms with van der Waals surface area (Å²) in [5.74, 6) is 0.0669. The Morgan fingerprint density at radius 2 is 2.38 bits per heavy atom. The van der Waals surface area contributed by atoms with Crippen LogP contribution >= 0.6 is 0 Å². The van der Waals surface area contributed by atoms with E-state index in [9.17, 15) is 4.79 Å². The fourth-order valence-electron chi connectivity index (χ4n) is 2.99. The van der Waals surface area contributed by atoms with Crippen LogP contribution in [0.4, 0.5) is 5.69 Å². The second-order valence-corrected chi connectivity index (χ2v) is 5.49. The van der Waals surface area contributed by atoms with Crippen LogP contribution in [0.5, 0.6) is 0 Å². The molecule has 2 aromatic rings. The van der Waals surface area contributed by atoms with Gasteiger partial charge in [0, 0.05) is 35.8 Å². The number of nitriles is 1. The maximum Gasteiger partial charge on any atom is 0.223 e. The molecule has 3 rings (SSSR count). The maximum absolute atomic E-state index is 12.3. The van der Waals surface area contributed by atoms with Crippen LogP contribution in [0.1, 0.15) is 24.8 Å². The van der Waals surface area contributed by atoms with E-state index >= 15 is 0 Å². The first-order valence-corrected chi connectivity index (χ1v) is 7.23. The summed E-state index contributed by atoms with van der Waals surface area (Å²) in [5.41, 5.74) is 8.67. The Balaban J connectivity index is 1.70. The van der Waals surface area contributed by atoms with Crippen molar-refractivity contribution in [3.8, 4) is 6.07 Å². The van der Waals surface area contributed by atoms with Crippen LogP contribution < -0.4 is 5.73 Å². The number of nitrogens with one attached hydrogen (secondary N) is 1. The number of nitrogen functional groups attached to an aromatic ring is 1. The summed E-state index contributed by atoms with van der Waals surface area (Å²) in [5, 5.41) is 10.1. The van der Waals surface area contributed by atoms with Crippen molar-refractivity contribution in [3.63, 3.8) is 0 Å². The molecule has 1 fully saturated rings. The summed E-state index contributed by atoms with van der Waals surface area (Å²) >= 11 is 0. The molecule has 1 saturated heterocycles. The van der Waals surface area contributed by atoms with E-state index in [0.29, 0.717) is 19.4 Å². The number of hydrogen-bond acceptors (Lipinski definition) is 3. The Bertz CT molecular complexity index is 713. The van der Waals surface area contributed by atoms with Gasteiger partial charge >= 0.3 is 0 Å². The number of aromatic amines is 1. The minimum atomic E-state index is -0.240. The lowest BCUT2D eigenvalue weighted by molar-refractivity contribution is -0.131. The van der Waals surface area contributed by atoms with Crippen LogP contribution in [0.25, 0.3) is 10.9 Å². The first kappa shape index (κ1) is 13.5. The molecule has 0 aliphatic carbocycles. The molecule has 1 atom stereocenters. The Kier molecular flexibility index (Phi) is 3.53. The van der Waals surface area contributed by atoms with Gasteiger partial charge in [-0.25, -0.2) is 0 Å². The highest BCUT2D eigenvalue weighted by Gasteiger charge is 2.28. The van der Waals surface area contributed by atoms with Crippen LogP contribution in [0.15, 0.2) is 24.4 Å². The number of aryl methyl sites for hydroxylation is 1. The molecule has 3 N–H and O–H groups in total. The maximum atomic E-state index is 12.3. The molecule has 1 aliphatic rings. The van der Waals surface area contributed by atoms with E-state index in [0.717, 1.165) is 35.0 Å². The van der Waals surface area contributed by atoms with Gasteiger partial charge in [-0.15, -0.1) is 0 Å². The number of aromatic nitrogens is 1. The third-order valence-electron chi connectivity index (χ3n) is 4.12. The Hall–Kier alpha value is -2.48. The van der Waals surface area contributed by atoms with Gasteiger partial charge < -0.3 is 15.6 Å². The monoisotopic (exact) mass is 282 g/mol. The predicted molar refractivity (Wildman–Crippen MR) is 81.4 cm³/mol. The van der Waals surface area contributed by atoms with E-state index < -0.39 is 0 Å². The molecule has 21 heavy (non-hydrogen) atoms. The summed E-state index contributed by atoms with van der Waals surface area (Å²) in [7, 11) is 0. The SMILES string of the molecule is N#C[C@@H]1CCCN1C(=O)CCc1c[nH]c2ccc(N)cc12. The number of amides is 1. The number of carbonyl (C=O) groups is 1. The molecule has 2 heterocycles. The number of nitrogens with two attached hydrogens (primary N) is 1. The zero-order chi connectivity index (χ0) is 14.8. The fraction of sp³-hybridized carbons (Fsp3) is 0.375. The minimum Gasteiger partial charge on any atom is -0.399 e. The lowest BCUT2D eigenvalue weighted by atomic mass is 10.1. The van der Waals surface area contributed by atoms with Crippen LogP contribution in [0.3, 0.4) is 0 Å². The van der Waals surface area contributed by atoms with Gasteiger partial charge in [-0.2, -0.15) is 5.26 Å². The topological polar surface area (TPSA) is 85.9 Å². The summed E-state index contributed by atoms with van der Waals surface area (Å²) in [4.78, 5) is 17.2. The molecule has 1 aliphatic heterocycles. The highest BCUT2D eigenvalue weighted by atomic mass is 16.2. The van der Waals surface area contributed by atoms with Crippen molar-refractivity contribution in [3.05, 3.63) is 30.0 Å². The van der Waals surface area contributed by atoms with Crippen molar-refractivity contribution in [2.24, 2.45) is 0 Å². The Labute approximate surface area is 123 Å². The van der Waals surface area contributed by atoms with Crippen molar-refractivity contribution < 1.29 is 4.79 Å². The van der Waals surface area contributed by atoms with E-state index in [-0.39, 0.29) is 11.9 Å². The van der Waals surface area contributed by atoms with E-state index in [1.807, 2.05) is 24.4 Å². The van der Waals surface area contributed by atoms with Gasteiger partial charge in [-0.05, 0) is 43.0 Å². The van der Waals surface area contributed by atoms with Crippen LogP contribution in [-0.4, -0.2) is 28.4 Å². The smallest absolute Gasteiger partial charge is 0.223 e. The lowest BCUT2D eigenvalue weighted by Crippen LogP contribution is -2.34. The highest BCUT2D eigenvalue weighted by molar-refractivity contribution is 5.87. The van der Waals surface area contributed by atoms with E-state index in [4.69, 9.17) is 11.0 Å². The predicted octanol–water partition coefficient (Wildman–Crippen LogP) is 2.20. The summed E-state index contributed by atoms with van der Waals surface area (Å²) < 4.78 is 0. The third-order valence-corrected chi connectivity index (χ3v) is 4.12. The normalized spacial score (nSPS) is 18.0. The second kappa shape index (κ2) is 5.49. The lowest BCUT2D eigenvalue weighted by Gasteiger charge is -2.19. The van der Waals surface area contributed by atoms with Gasteiger partial charge in [0.1, 0.15) is 6.04 Å². The van der Waals surface area contributed by atoms with Crippen molar-refractivity contribution >= 4 is 22.5 Å². The summed E-state index contributed by atoms with van der Waals surface area (Å²) in [6.07, 6.45) is 4.75. The first-order valence-electron chi connectivity index (χ1n) is 7.23. The average Bonchev–Trinajstić information content (AvgIpc) is 3.11. The molecule has 5 nitrogen and oxygen atoms in total. The number of rotatable bonds is 3. The van der Waals surface area contributed by atoms with Crippen LogP contribution in [0, 0.1) is 11.3 Å². The Morgan fingerprint density at radius 1 is 1.52 bits per heavy atom. The average molecular weight is 282 g/mol. The van der Waals surface area contributed by atoms with E-state index in [1.54, 1.807) is 4.90 Å². The second-order valence-electron chi connectivity index (χ2n) is 5.49. The number of nitrogens with zero attached hydrogens (tertiary/aromatic N) is 2. The van der Waals surface area contributed by atoms with Crippen LogP contribution in [0.2, 0.25) is 0 Å².